The molecule has 0 bridgehead atoms. The van der Waals surface area contributed by atoms with Crippen LogP contribution in [0.2, 0.25) is 0 Å². The predicted molar refractivity (Wildman–Crippen MR) is 52.6 cm³/mol. The molecule has 2 aromatic rings. The average molecular weight is 189 g/mol. The summed E-state index contributed by atoms with van der Waals surface area (Å²) >= 11 is 0. The average Bonchev–Trinajstić information content (AvgIpc) is 2.48. The maximum Gasteiger partial charge on any atom is 0.165 e. The molecule has 5 nitrogen and oxygen atoms in total. The Morgan fingerprint density at radius 2 is 2.14 bits per heavy atom. The van der Waals surface area contributed by atoms with Gasteiger partial charge in [-0.25, -0.2) is 15.0 Å². The van der Waals surface area contributed by atoms with Gasteiger partial charge in [0.05, 0.1) is 6.33 Å². The summed E-state index contributed by atoms with van der Waals surface area (Å²) < 4.78 is 2.11. The van der Waals surface area contributed by atoms with Crippen molar-refractivity contribution in [3.8, 4) is 0 Å². The Hall–Kier alpha value is -1.65. The normalized spacial score (nSPS) is 17.1. The summed E-state index contributed by atoms with van der Waals surface area (Å²) in [5, 5.41) is 0. The first-order valence-electron chi connectivity index (χ1n) is 4.79. The van der Waals surface area contributed by atoms with Gasteiger partial charge >= 0.3 is 0 Å². The monoisotopic (exact) mass is 189 g/mol. The van der Waals surface area contributed by atoms with E-state index in [0.717, 1.165) is 11.2 Å². The van der Waals surface area contributed by atoms with Crippen molar-refractivity contribution in [1.82, 2.24) is 19.5 Å². The van der Waals surface area contributed by atoms with Crippen LogP contribution in [0.1, 0.15) is 25.3 Å². The number of hydrogen-bond acceptors (Lipinski definition) is 4. The van der Waals surface area contributed by atoms with Crippen LogP contribution in [0.3, 0.4) is 0 Å². The highest BCUT2D eigenvalue weighted by Gasteiger charge is 2.22. The minimum atomic E-state index is 0.466. The molecule has 0 unspecified atom stereocenters. The van der Waals surface area contributed by atoms with Gasteiger partial charge in [0.25, 0.3) is 0 Å². The van der Waals surface area contributed by atoms with Crippen LogP contribution in [0.15, 0.2) is 12.7 Å². The van der Waals surface area contributed by atoms with Gasteiger partial charge in [-0.05, 0) is 19.3 Å². The topological polar surface area (TPSA) is 69.6 Å². The van der Waals surface area contributed by atoms with E-state index in [-0.39, 0.29) is 0 Å². The smallest absolute Gasteiger partial charge is 0.165 e. The van der Waals surface area contributed by atoms with E-state index >= 15 is 0 Å². The molecule has 1 aliphatic rings. The van der Waals surface area contributed by atoms with E-state index in [1.165, 1.54) is 25.6 Å². The molecule has 72 valence electrons. The van der Waals surface area contributed by atoms with E-state index in [0.29, 0.717) is 11.9 Å². The van der Waals surface area contributed by atoms with Crippen molar-refractivity contribution >= 4 is 17.0 Å². The molecule has 0 amide bonds. The summed E-state index contributed by atoms with van der Waals surface area (Å²) in [6, 6.07) is 0.564. The molecule has 2 aromatic heterocycles. The van der Waals surface area contributed by atoms with Gasteiger partial charge in [0.15, 0.2) is 11.5 Å². The lowest BCUT2D eigenvalue weighted by atomic mass is 9.93. The van der Waals surface area contributed by atoms with Crippen LogP contribution >= 0.6 is 0 Å². The fraction of sp³-hybridized carbons (Fsp3) is 0.444. The molecular weight excluding hydrogens is 178 g/mol. The first-order chi connectivity index (χ1) is 6.86. The minimum Gasteiger partial charge on any atom is -0.382 e. The zero-order chi connectivity index (χ0) is 9.54. The lowest BCUT2D eigenvalue weighted by Gasteiger charge is -2.26. The van der Waals surface area contributed by atoms with Crippen molar-refractivity contribution in [2.45, 2.75) is 25.3 Å². The number of nitrogen functional groups attached to an aromatic ring is 1. The first kappa shape index (κ1) is 7.73. The molecule has 1 saturated carbocycles. The number of nitrogens with two attached hydrogens (primary N) is 1. The van der Waals surface area contributed by atoms with Crippen LogP contribution in [0.25, 0.3) is 11.2 Å². The molecule has 14 heavy (non-hydrogen) atoms. The number of imidazole rings is 1. The summed E-state index contributed by atoms with van der Waals surface area (Å²) in [5.74, 6) is 0.466. The molecule has 0 saturated heterocycles. The predicted octanol–water partition coefficient (Wildman–Crippen LogP) is 1.13. The lowest BCUT2D eigenvalue weighted by molar-refractivity contribution is 0.319. The Morgan fingerprint density at radius 1 is 1.29 bits per heavy atom. The van der Waals surface area contributed by atoms with E-state index in [9.17, 15) is 0 Å². The van der Waals surface area contributed by atoms with Crippen LogP contribution in [0.5, 0.6) is 0 Å². The van der Waals surface area contributed by atoms with Gasteiger partial charge in [-0.1, -0.05) is 0 Å². The Morgan fingerprint density at radius 3 is 2.86 bits per heavy atom. The maximum absolute atomic E-state index is 5.70. The second kappa shape index (κ2) is 2.67. The number of nitrogens with zero attached hydrogens (tertiary/aromatic N) is 4. The summed E-state index contributed by atoms with van der Waals surface area (Å²) in [5.41, 5.74) is 7.29. The molecule has 3 rings (SSSR count). The van der Waals surface area contributed by atoms with Crippen LogP contribution in [0.4, 0.5) is 5.82 Å². The van der Waals surface area contributed by atoms with Crippen LogP contribution < -0.4 is 5.73 Å². The number of rotatable bonds is 1. The Balaban J connectivity index is 2.20. The van der Waals surface area contributed by atoms with E-state index in [2.05, 4.69) is 19.5 Å². The molecule has 2 heterocycles. The van der Waals surface area contributed by atoms with E-state index in [1.54, 1.807) is 0 Å². The minimum absolute atomic E-state index is 0.466. The molecule has 1 aliphatic carbocycles. The van der Waals surface area contributed by atoms with Gasteiger partial charge in [0, 0.05) is 6.04 Å². The Kier molecular flexibility index (Phi) is 1.47. The third-order valence-corrected chi connectivity index (χ3v) is 2.86. The summed E-state index contributed by atoms with van der Waals surface area (Å²) in [6.07, 6.45) is 7.05. The number of anilines is 1. The number of hydrogen-bond donors (Lipinski definition) is 1. The van der Waals surface area contributed by atoms with Crippen molar-refractivity contribution in [3.05, 3.63) is 12.7 Å². The zero-order valence-corrected chi connectivity index (χ0v) is 7.72. The number of fused-ring (bicyclic) bond motifs is 1. The fourth-order valence-corrected chi connectivity index (χ4v) is 1.80. The van der Waals surface area contributed by atoms with Crippen LogP contribution in [0, 0.1) is 0 Å². The van der Waals surface area contributed by atoms with Gasteiger partial charge in [-0.3, -0.25) is 0 Å². The van der Waals surface area contributed by atoms with Crippen molar-refractivity contribution in [2.24, 2.45) is 0 Å². The molecule has 0 aliphatic heterocycles. The molecule has 1 fully saturated rings. The summed E-state index contributed by atoms with van der Waals surface area (Å²) in [4.78, 5) is 12.4. The van der Waals surface area contributed by atoms with Gasteiger partial charge in [-0.2, -0.15) is 0 Å². The number of aromatic nitrogens is 4. The van der Waals surface area contributed by atoms with Crippen molar-refractivity contribution in [1.29, 1.82) is 0 Å². The van der Waals surface area contributed by atoms with E-state index < -0.39 is 0 Å². The summed E-state index contributed by atoms with van der Waals surface area (Å²) in [6.45, 7) is 0. The van der Waals surface area contributed by atoms with Gasteiger partial charge < -0.3 is 10.3 Å². The van der Waals surface area contributed by atoms with Gasteiger partial charge in [0.1, 0.15) is 11.8 Å². The standard InChI is InChI=1S/C9H11N5/c10-8-7-9(12-4-11-8)14(5-13-7)6-2-1-3-6/h4-6H,1-3H2,(H2,10,11,12). The molecule has 0 spiro atoms. The first-order valence-corrected chi connectivity index (χ1v) is 4.79. The molecule has 0 aromatic carbocycles. The van der Waals surface area contributed by atoms with Crippen LogP contribution in [-0.4, -0.2) is 19.5 Å². The van der Waals surface area contributed by atoms with Crippen molar-refractivity contribution < 1.29 is 0 Å². The molecule has 0 atom stereocenters. The summed E-state index contributed by atoms with van der Waals surface area (Å²) in [7, 11) is 0. The quantitative estimate of drug-likeness (QED) is 0.730. The second-order valence-electron chi connectivity index (χ2n) is 3.67. The highest BCUT2D eigenvalue weighted by molar-refractivity contribution is 5.81. The van der Waals surface area contributed by atoms with Crippen molar-refractivity contribution in [3.63, 3.8) is 0 Å². The zero-order valence-electron chi connectivity index (χ0n) is 7.72. The highest BCUT2D eigenvalue weighted by Crippen LogP contribution is 2.33. The SMILES string of the molecule is Nc1ncnc2c1ncn2C1CCC1. The lowest BCUT2D eigenvalue weighted by Crippen LogP contribution is -2.16. The maximum atomic E-state index is 5.70. The second-order valence-corrected chi connectivity index (χ2v) is 3.67. The van der Waals surface area contributed by atoms with Crippen molar-refractivity contribution in [2.75, 3.05) is 5.73 Å². The Bertz CT molecular complexity index is 471. The molecular formula is C9H11N5. The molecule has 5 heteroatoms. The molecule has 0 radical (unpaired) electrons. The third kappa shape index (κ3) is 0.921. The van der Waals surface area contributed by atoms with E-state index in [1.807, 2.05) is 6.33 Å². The van der Waals surface area contributed by atoms with E-state index in [4.69, 9.17) is 5.73 Å². The Labute approximate surface area is 81.0 Å². The third-order valence-electron chi connectivity index (χ3n) is 2.86. The van der Waals surface area contributed by atoms with Gasteiger partial charge in [0.2, 0.25) is 0 Å². The van der Waals surface area contributed by atoms with Gasteiger partial charge in [-0.15, -0.1) is 0 Å². The fourth-order valence-electron chi connectivity index (χ4n) is 1.80. The van der Waals surface area contributed by atoms with Crippen LogP contribution in [-0.2, 0) is 0 Å². The molecule has 2 N–H and O–H groups in total. The largest absolute Gasteiger partial charge is 0.382 e. The highest BCUT2D eigenvalue weighted by atomic mass is 15.1.